The highest BCUT2D eigenvalue weighted by Crippen LogP contribution is 2.36. The average molecular weight is 329 g/mol. The number of carbonyl (C=O) groups excluding carboxylic acids is 1. The van der Waals surface area contributed by atoms with Crippen molar-refractivity contribution in [1.82, 2.24) is 0 Å². The smallest absolute Gasteiger partial charge is 0.352 e. The van der Waals surface area contributed by atoms with Crippen LogP contribution in [0.4, 0.5) is 0 Å². The van der Waals surface area contributed by atoms with Crippen molar-refractivity contribution in [2.24, 2.45) is 0 Å². The third-order valence-corrected chi connectivity index (χ3v) is 5.76. The largest absolute Gasteiger partial charge is 0.431 e. The van der Waals surface area contributed by atoms with Crippen LogP contribution in [0.15, 0.2) is 15.2 Å². The summed E-state index contributed by atoms with van der Waals surface area (Å²) in [5.74, 6) is -0.718. The van der Waals surface area contributed by atoms with Crippen LogP contribution in [0, 0.1) is 0 Å². The molecule has 1 aliphatic rings. The first-order valence-electron chi connectivity index (χ1n) is 4.86. The maximum absolute atomic E-state index is 11.8. The standard InChI is InChI=1S/C9H9ClO5S3/c1-16-5-4-17-7(8(5)18(10,12)13)9(11)15-6-2-3-14-6/h4,6H,2-3H2,1H3. The molecule has 100 valence electrons. The van der Waals surface area contributed by atoms with Gasteiger partial charge in [0.1, 0.15) is 9.77 Å². The van der Waals surface area contributed by atoms with Gasteiger partial charge in [0, 0.05) is 27.4 Å². The number of thioether (sulfide) groups is 1. The monoisotopic (exact) mass is 328 g/mol. The summed E-state index contributed by atoms with van der Waals surface area (Å²) < 4.78 is 32.9. The Morgan fingerprint density at radius 1 is 1.67 bits per heavy atom. The number of thiophene rings is 1. The van der Waals surface area contributed by atoms with Gasteiger partial charge in [0.2, 0.25) is 6.29 Å². The lowest BCUT2D eigenvalue weighted by molar-refractivity contribution is -0.184. The molecular weight excluding hydrogens is 320 g/mol. The second kappa shape index (κ2) is 5.38. The second-order valence-electron chi connectivity index (χ2n) is 3.39. The fourth-order valence-corrected chi connectivity index (χ4v) is 5.40. The van der Waals surface area contributed by atoms with E-state index < -0.39 is 21.3 Å². The Morgan fingerprint density at radius 3 is 2.78 bits per heavy atom. The molecule has 0 amide bonds. The number of hydrogen-bond donors (Lipinski definition) is 0. The van der Waals surface area contributed by atoms with E-state index in [0.717, 1.165) is 11.3 Å². The SMILES string of the molecule is CSc1csc(C(=O)OC2CCO2)c1S(=O)(=O)Cl. The third-order valence-electron chi connectivity index (χ3n) is 2.26. The molecule has 1 aromatic heterocycles. The lowest BCUT2D eigenvalue weighted by Crippen LogP contribution is -2.31. The van der Waals surface area contributed by atoms with Crippen LogP contribution in [0.2, 0.25) is 0 Å². The van der Waals surface area contributed by atoms with Gasteiger partial charge in [0.25, 0.3) is 9.05 Å². The normalized spacial score (nSPS) is 19.3. The molecule has 2 rings (SSSR count). The highest BCUT2D eigenvalue weighted by atomic mass is 35.7. The number of rotatable bonds is 4. The molecule has 0 radical (unpaired) electrons. The second-order valence-corrected chi connectivity index (χ2v) is 7.63. The Bertz CT molecular complexity index is 561. The third kappa shape index (κ3) is 2.83. The van der Waals surface area contributed by atoms with Crippen molar-refractivity contribution in [3.8, 4) is 0 Å². The van der Waals surface area contributed by atoms with E-state index in [0.29, 0.717) is 17.9 Å². The summed E-state index contributed by atoms with van der Waals surface area (Å²) in [5.41, 5.74) is 0. The summed E-state index contributed by atoms with van der Waals surface area (Å²) >= 11 is 2.20. The van der Waals surface area contributed by atoms with Crippen molar-refractivity contribution in [2.75, 3.05) is 12.9 Å². The van der Waals surface area contributed by atoms with Crippen molar-refractivity contribution in [3.63, 3.8) is 0 Å². The molecule has 1 fully saturated rings. The van der Waals surface area contributed by atoms with Crippen LogP contribution in [-0.2, 0) is 18.5 Å². The van der Waals surface area contributed by atoms with Gasteiger partial charge < -0.3 is 9.47 Å². The van der Waals surface area contributed by atoms with Gasteiger partial charge >= 0.3 is 5.97 Å². The van der Waals surface area contributed by atoms with E-state index in [1.807, 2.05) is 0 Å². The molecule has 1 unspecified atom stereocenters. The van der Waals surface area contributed by atoms with Gasteiger partial charge in [-0.3, -0.25) is 0 Å². The summed E-state index contributed by atoms with van der Waals surface area (Å²) in [5, 5.41) is 1.57. The molecule has 0 aliphatic carbocycles. The van der Waals surface area contributed by atoms with Crippen molar-refractivity contribution in [2.45, 2.75) is 22.5 Å². The summed E-state index contributed by atoms with van der Waals surface area (Å²) in [4.78, 5) is 12.1. The van der Waals surface area contributed by atoms with Crippen LogP contribution in [0.3, 0.4) is 0 Å². The lowest BCUT2D eigenvalue weighted by atomic mass is 10.3. The topological polar surface area (TPSA) is 69.7 Å². The van der Waals surface area contributed by atoms with Gasteiger partial charge in [-0.05, 0) is 6.26 Å². The van der Waals surface area contributed by atoms with Crippen LogP contribution in [-0.4, -0.2) is 33.5 Å². The van der Waals surface area contributed by atoms with Gasteiger partial charge in [-0.1, -0.05) is 0 Å². The Hall–Kier alpha value is -0.280. The Labute approximate surface area is 117 Å². The van der Waals surface area contributed by atoms with Crippen LogP contribution < -0.4 is 0 Å². The van der Waals surface area contributed by atoms with Crippen molar-refractivity contribution in [1.29, 1.82) is 0 Å². The zero-order valence-corrected chi connectivity index (χ0v) is 12.4. The Morgan fingerprint density at radius 2 is 2.33 bits per heavy atom. The van der Waals surface area contributed by atoms with E-state index in [-0.39, 0.29) is 9.77 Å². The lowest BCUT2D eigenvalue weighted by Gasteiger charge is -2.25. The zero-order valence-electron chi connectivity index (χ0n) is 9.21. The summed E-state index contributed by atoms with van der Waals surface area (Å²) in [7, 11) is 1.36. The molecule has 1 saturated heterocycles. The number of carbonyl (C=O) groups is 1. The first-order chi connectivity index (χ1) is 8.43. The maximum Gasteiger partial charge on any atom is 0.352 e. The fraction of sp³-hybridized carbons (Fsp3) is 0.444. The van der Waals surface area contributed by atoms with E-state index in [2.05, 4.69) is 0 Å². The molecule has 18 heavy (non-hydrogen) atoms. The van der Waals surface area contributed by atoms with Gasteiger partial charge in [-0.25, -0.2) is 13.2 Å². The molecule has 5 nitrogen and oxygen atoms in total. The summed E-state index contributed by atoms with van der Waals surface area (Å²) in [6.07, 6.45) is 1.75. The summed E-state index contributed by atoms with van der Waals surface area (Å²) in [6.45, 7) is 0.541. The highest BCUT2D eigenvalue weighted by Gasteiger charge is 2.31. The van der Waals surface area contributed by atoms with Gasteiger partial charge in [0.15, 0.2) is 0 Å². The zero-order chi connectivity index (χ0) is 13.3. The Kier molecular flexibility index (Phi) is 4.22. The molecule has 0 saturated carbocycles. The quantitative estimate of drug-likeness (QED) is 0.480. The number of hydrogen-bond acceptors (Lipinski definition) is 7. The fourth-order valence-electron chi connectivity index (χ4n) is 1.32. The Balaban J connectivity index is 2.32. The van der Waals surface area contributed by atoms with E-state index in [4.69, 9.17) is 20.2 Å². The molecule has 0 bridgehead atoms. The number of halogens is 1. The minimum absolute atomic E-state index is 0.00940. The predicted octanol–water partition coefficient (Wildman–Crippen LogP) is 2.30. The minimum atomic E-state index is -3.98. The first-order valence-corrected chi connectivity index (χ1v) is 9.27. The van der Waals surface area contributed by atoms with Crippen molar-refractivity contribution >= 4 is 48.8 Å². The van der Waals surface area contributed by atoms with E-state index in [9.17, 15) is 13.2 Å². The molecular formula is C9H9ClO5S3. The van der Waals surface area contributed by atoms with Gasteiger partial charge in [0.05, 0.1) is 6.61 Å². The van der Waals surface area contributed by atoms with Crippen molar-refractivity contribution < 1.29 is 22.7 Å². The maximum atomic E-state index is 11.8. The van der Waals surface area contributed by atoms with E-state index >= 15 is 0 Å². The molecule has 0 N–H and O–H groups in total. The molecule has 1 atom stereocenters. The van der Waals surface area contributed by atoms with Crippen molar-refractivity contribution in [3.05, 3.63) is 10.3 Å². The number of ether oxygens (including phenoxy) is 2. The van der Waals surface area contributed by atoms with Crippen LogP contribution >= 0.6 is 33.8 Å². The van der Waals surface area contributed by atoms with Gasteiger partial charge in [-0.15, -0.1) is 23.1 Å². The molecule has 0 aromatic carbocycles. The molecule has 2 heterocycles. The molecule has 0 spiro atoms. The molecule has 1 aromatic rings. The molecule has 9 heteroatoms. The van der Waals surface area contributed by atoms with Crippen LogP contribution in [0.25, 0.3) is 0 Å². The average Bonchev–Trinajstić information content (AvgIpc) is 2.66. The van der Waals surface area contributed by atoms with Gasteiger partial charge in [-0.2, -0.15) is 0 Å². The van der Waals surface area contributed by atoms with E-state index in [1.165, 1.54) is 11.8 Å². The van der Waals surface area contributed by atoms with E-state index in [1.54, 1.807) is 11.6 Å². The predicted molar refractivity (Wildman–Crippen MR) is 68.9 cm³/mol. The highest BCUT2D eigenvalue weighted by molar-refractivity contribution is 8.14. The number of esters is 1. The van der Waals surface area contributed by atoms with Crippen LogP contribution in [0.1, 0.15) is 16.1 Å². The minimum Gasteiger partial charge on any atom is -0.431 e. The van der Waals surface area contributed by atoms with Crippen LogP contribution in [0.5, 0.6) is 0 Å². The molecule has 1 aliphatic heterocycles. The summed E-state index contributed by atoms with van der Waals surface area (Å²) in [6, 6.07) is 0. The first kappa shape index (κ1) is 14.1.